The van der Waals surface area contributed by atoms with Crippen LogP contribution in [0.3, 0.4) is 0 Å². The summed E-state index contributed by atoms with van der Waals surface area (Å²) in [6, 6.07) is 4.10. The summed E-state index contributed by atoms with van der Waals surface area (Å²) in [5, 5.41) is 11.3. The third-order valence-corrected chi connectivity index (χ3v) is 4.71. The zero-order valence-electron chi connectivity index (χ0n) is 11.6. The molecule has 1 amide bonds. The van der Waals surface area contributed by atoms with Crippen LogP contribution >= 0.6 is 15.9 Å². The summed E-state index contributed by atoms with van der Waals surface area (Å²) in [7, 11) is 0.0893. The first-order chi connectivity index (χ1) is 9.83. The maximum absolute atomic E-state index is 12.1. The number of methoxy groups -OCH3 is 1. The molecule has 6 nitrogen and oxygen atoms in total. The molecule has 0 heterocycles. The largest absolute Gasteiger partial charge is 0.497 e. The maximum Gasteiger partial charge on any atom is 0.327 e. The number of aliphatic carboxylic acids is 1. The fourth-order valence-corrected chi connectivity index (χ4v) is 3.50. The minimum Gasteiger partial charge on any atom is -0.497 e. The summed E-state index contributed by atoms with van der Waals surface area (Å²) in [6.07, 6.45) is 0. The number of nitrogens with one attached hydrogen (secondary N) is 1. The monoisotopic (exact) mass is 377 g/mol. The molecule has 0 spiro atoms. The van der Waals surface area contributed by atoms with Crippen molar-refractivity contribution in [2.24, 2.45) is 0 Å². The lowest BCUT2D eigenvalue weighted by atomic mass is 10.2. The number of carboxylic acid groups (broad SMARTS) is 1. The Morgan fingerprint density at radius 3 is 2.67 bits per heavy atom. The molecule has 21 heavy (non-hydrogen) atoms. The third kappa shape index (κ3) is 5.84. The highest BCUT2D eigenvalue weighted by atomic mass is 79.9. The molecule has 1 rings (SSSR count). The highest BCUT2D eigenvalue weighted by Crippen LogP contribution is 2.23. The number of carboxylic acids is 1. The van der Waals surface area contributed by atoms with Gasteiger partial charge < -0.3 is 15.2 Å². The van der Waals surface area contributed by atoms with Crippen LogP contribution in [0, 0.1) is 0 Å². The van der Waals surface area contributed by atoms with Crippen molar-refractivity contribution in [2.45, 2.75) is 18.7 Å². The fraction of sp³-hybridized carbons (Fsp3) is 0.385. The molecular formula is C13H16BrNO5S. The van der Waals surface area contributed by atoms with Gasteiger partial charge in [0.05, 0.1) is 12.9 Å². The maximum atomic E-state index is 12.1. The lowest BCUT2D eigenvalue weighted by Gasteiger charge is -2.13. The molecule has 0 aromatic heterocycles. The molecule has 0 aliphatic rings. The first-order valence-corrected chi connectivity index (χ1v) is 8.29. The van der Waals surface area contributed by atoms with Crippen LogP contribution in [-0.2, 0) is 26.1 Å². The third-order valence-electron chi connectivity index (χ3n) is 2.60. The Kier molecular flexibility index (Phi) is 6.83. The number of halogens is 1. The van der Waals surface area contributed by atoms with Gasteiger partial charge in [-0.25, -0.2) is 4.79 Å². The quantitative estimate of drug-likeness (QED) is 0.746. The predicted octanol–water partition coefficient (Wildman–Crippen LogP) is 1.30. The second-order valence-corrected chi connectivity index (χ2v) is 6.66. The van der Waals surface area contributed by atoms with Crippen molar-refractivity contribution >= 4 is 38.6 Å². The minimum atomic E-state index is -1.44. The van der Waals surface area contributed by atoms with Crippen LogP contribution in [-0.4, -0.2) is 40.1 Å². The summed E-state index contributed by atoms with van der Waals surface area (Å²) in [6.45, 7) is 1.22. The van der Waals surface area contributed by atoms with E-state index in [1.807, 2.05) is 0 Å². The second kappa shape index (κ2) is 8.14. The molecule has 1 aromatic carbocycles. The Labute approximate surface area is 133 Å². The average molecular weight is 378 g/mol. The topological polar surface area (TPSA) is 92.7 Å². The molecule has 0 fully saturated rings. The smallest absolute Gasteiger partial charge is 0.327 e. The zero-order chi connectivity index (χ0) is 16.0. The van der Waals surface area contributed by atoms with Crippen LogP contribution in [0.4, 0.5) is 0 Å². The average Bonchev–Trinajstić information content (AvgIpc) is 2.39. The molecule has 8 heteroatoms. The van der Waals surface area contributed by atoms with Crippen LogP contribution in [0.1, 0.15) is 12.5 Å². The molecule has 0 saturated carbocycles. The molecule has 0 saturated heterocycles. The molecule has 0 aliphatic carbocycles. The second-order valence-electron chi connectivity index (χ2n) is 4.30. The van der Waals surface area contributed by atoms with E-state index < -0.39 is 28.7 Å². The van der Waals surface area contributed by atoms with Crippen molar-refractivity contribution in [3.63, 3.8) is 0 Å². The van der Waals surface area contributed by atoms with Crippen LogP contribution < -0.4 is 10.1 Å². The van der Waals surface area contributed by atoms with E-state index >= 15 is 0 Å². The minimum absolute atomic E-state index is 0.154. The van der Waals surface area contributed by atoms with Crippen molar-refractivity contribution in [1.82, 2.24) is 5.32 Å². The van der Waals surface area contributed by atoms with Crippen molar-refractivity contribution in [2.75, 3.05) is 12.9 Å². The number of hydrogen-bond acceptors (Lipinski definition) is 4. The van der Waals surface area contributed by atoms with Crippen LogP contribution in [0.15, 0.2) is 22.7 Å². The van der Waals surface area contributed by atoms with Crippen LogP contribution in [0.5, 0.6) is 5.75 Å². The van der Waals surface area contributed by atoms with Crippen molar-refractivity contribution in [1.29, 1.82) is 0 Å². The molecule has 2 atom stereocenters. The van der Waals surface area contributed by atoms with Crippen molar-refractivity contribution in [3.8, 4) is 5.75 Å². The van der Waals surface area contributed by atoms with E-state index in [-0.39, 0.29) is 11.5 Å². The molecule has 0 aliphatic heterocycles. The lowest BCUT2D eigenvalue weighted by Crippen LogP contribution is -2.43. The van der Waals surface area contributed by atoms with E-state index in [1.165, 1.54) is 14.0 Å². The molecule has 2 N–H and O–H groups in total. The highest BCUT2D eigenvalue weighted by Gasteiger charge is 2.21. The highest BCUT2D eigenvalue weighted by molar-refractivity contribution is 9.10. The molecule has 0 bridgehead atoms. The van der Waals surface area contributed by atoms with E-state index in [0.717, 1.165) is 10.0 Å². The Hall–Kier alpha value is -1.41. The number of ether oxygens (including phenoxy) is 1. The number of benzene rings is 1. The van der Waals surface area contributed by atoms with Gasteiger partial charge in [0.15, 0.2) is 0 Å². The molecule has 0 radical (unpaired) electrons. The first kappa shape index (κ1) is 17.6. The first-order valence-electron chi connectivity index (χ1n) is 6.00. The van der Waals surface area contributed by atoms with Gasteiger partial charge in [0.1, 0.15) is 11.8 Å². The molecule has 2 unspecified atom stereocenters. The Bertz CT molecular complexity index is 563. The van der Waals surface area contributed by atoms with E-state index in [9.17, 15) is 13.8 Å². The zero-order valence-corrected chi connectivity index (χ0v) is 14.0. The SMILES string of the molecule is COc1ccc(Br)c(CS(=O)CC(NC(C)=O)C(=O)O)c1. The number of hydrogen-bond donors (Lipinski definition) is 2. The molecule has 116 valence electrons. The Morgan fingerprint density at radius 1 is 1.48 bits per heavy atom. The standard InChI is InChI=1S/C13H16BrNO5S/c1-8(16)15-12(13(17)18)7-21(19)6-9-5-10(20-2)3-4-11(9)14/h3-5,12H,6-7H2,1-2H3,(H,15,16)(H,17,18). The molecule has 1 aromatic rings. The summed E-state index contributed by atoms with van der Waals surface area (Å²) < 4.78 is 18.0. The predicted molar refractivity (Wildman–Crippen MR) is 82.6 cm³/mol. The van der Waals surface area contributed by atoms with Gasteiger partial charge >= 0.3 is 5.97 Å². The van der Waals surface area contributed by atoms with Crippen LogP contribution in [0.2, 0.25) is 0 Å². The van der Waals surface area contributed by atoms with Gasteiger partial charge in [-0.1, -0.05) is 15.9 Å². The fourth-order valence-electron chi connectivity index (χ4n) is 1.63. The van der Waals surface area contributed by atoms with E-state index in [0.29, 0.717) is 5.75 Å². The molecular weight excluding hydrogens is 362 g/mol. The summed E-state index contributed by atoms with van der Waals surface area (Å²) in [5.74, 6) is -1.04. The summed E-state index contributed by atoms with van der Waals surface area (Å²) in [4.78, 5) is 22.0. The van der Waals surface area contributed by atoms with Crippen molar-refractivity contribution < 1.29 is 23.6 Å². The van der Waals surface area contributed by atoms with E-state index in [2.05, 4.69) is 21.2 Å². The normalized spacial score (nSPS) is 13.3. The van der Waals surface area contributed by atoms with Gasteiger partial charge in [-0.2, -0.15) is 0 Å². The Morgan fingerprint density at radius 2 is 2.14 bits per heavy atom. The van der Waals surface area contributed by atoms with Crippen molar-refractivity contribution in [3.05, 3.63) is 28.2 Å². The van der Waals surface area contributed by atoms with Gasteiger partial charge in [0, 0.05) is 27.9 Å². The van der Waals surface area contributed by atoms with Gasteiger partial charge in [0.25, 0.3) is 0 Å². The number of amides is 1. The number of rotatable bonds is 7. The number of carbonyl (C=O) groups is 2. The number of carbonyl (C=O) groups excluding carboxylic acids is 1. The summed E-state index contributed by atoms with van der Waals surface area (Å²) >= 11 is 3.35. The van der Waals surface area contributed by atoms with E-state index in [4.69, 9.17) is 9.84 Å². The summed E-state index contributed by atoms with van der Waals surface area (Å²) in [5.41, 5.74) is 0.750. The Balaban J connectivity index is 2.76. The van der Waals surface area contributed by atoms with Gasteiger partial charge in [-0.3, -0.25) is 9.00 Å². The van der Waals surface area contributed by atoms with Crippen LogP contribution in [0.25, 0.3) is 0 Å². The van der Waals surface area contributed by atoms with E-state index in [1.54, 1.807) is 18.2 Å². The lowest BCUT2D eigenvalue weighted by molar-refractivity contribution is -0.140. The van der Waals surface area contributed by atoms with Gasteiger partial charge in [0.2, 0.25) is 5.91 Å². The van der Waals surface area contributed by atoms with Gasteiger partial charge in [-0.05, 0) is 23.8 Å². The van der Waals surface area contributed by atoms with Gasteiger partial charge in [-0.15, -0.1) is 0 Å².